The zero-order valence-corrected chi connectivity index (χ0v) is 11.3. The summed E-state index contributed by atoms with van der Waals surface area (Å²) in [6, 6.07) is 3.95. The van der Waals surface area contributed by atoms with Crippen LogP contribution in [0.5, 0.6) is 5.75 Å². The van der Waals surface area contributed by atoms with Crippen molar-refractivity contribution in [2.75, 3.05) is 17.2 Å². The van der Waals surface area contributed by atoms with E-state index in [1.54, 1.807) is 6.07 Å². The van der Waals surface area contributed by atoms with Gasteiger partial charge in [-0.25, -0.2) is 0 Å². The van der Waals surface area contributed by atoms with Crippen LogP contribution in [0.2, 0.25) is 5.02 Å². The number of hydrogen-bond donors (Lipinski definition) is 2. The maximum Gasteiger partial charge on any atom is 0.262 e. The van der Waals surface area contributed by atoms with E-state index < -0.39 is 0 Å². The summed E-state index contributed by atoms with van der Waals surface area (Å²) in [7, 11) is 0. The van der Waals surface area contributed by atoms with Crippen LogP contribution >= 0.6 is 11.6 Å². The summed E-state index contributed by atoms with van der Waals surface area (Å²) in [5, 5.41) is 6.71. The number of rotatable bonds is 4. The minimum absolute atomic E-state index is 0.0546. The highest BCUT2D eigenvalue weighted by molar-refractivity contribution is 6.33. The predicted octanol–water partition coefficient (Wildman–Crippen LogP) is 3.27. The van der Waals surface area contributed by atoms with Crippen LogP contribution in [0, 0.1) is 0 Å². The Hall–Kier alpha value is -1.42. The standard InChI is InChI=1S/C13H17ClN2O2/c1-3-8(4-2)15-10-6-12-11(5-9(10)14)16-13(17)7-18-12/h5-6,8,15H,3-4,7H2,1-2H3,(H,16,17). The van der Waals surface area contributed by atoms with Gasteiger partial charge in [0, 0.05) is 12.1 Å². The molecule has 1 heterocycles. The number of halogens is 1. The molecule has 0 bridgehead atoms. The monoisotopic (exact) mass is 268 g/mol. The SMILES string of the molecule is CCC(CC)Nc1cc2c(cc1Cl)NC(=O)CO2. The average Bonchev–Trinajstić information content (AvgIpc) is 2.36. The largest absolute Gasteiger partial charge is 0.482 e. The maximum atomic E-state index is 11.2. The molecule has 0 aliphatic carbocycles. The molecule has 2 N–H and O–H groups in total. The Morgan fingerprint density at radius 2 is 2.17 bits per heavy atom. The first-order valence-electron chi connectivity index (χ1n) is 6.16. The van der Waals surface area contributed by atoms with Crippen molar-refractivity contribution < 1.29 is 9.53 Å². The van der Waals surface area contributed by atoms with Gasteiger partial charge in [-0.15, -0.1) is 0 Å². The molecule has 0 spiro atoms. The zero-order valence-electron chi connectivity index (χ0n) is 10.5. The van der Waals surface area contributed by atoms with E-state index in [-0.39, 0.29) is 12.5 Å². The van der Waals surface area contributed by atoms with E-state index >= 15 is 0 Å². The Morgan fingerprint density at radius 3 is 2.83 bits per heavy atom. The van der Waals surface area contributed by atoms with Crippen LogP contribution in [0.25, 0.3) is 0 Å². The van der Waals surface area contributed by atoms with E-state index in [0.29, 0.717) is 22.5 Å². The highest BCUT2D eigenvalue weighted by Gasteiger charge is 2.18. The zero-order chi connectivity index (χ0) is 13.1. The lowest BCUT2D eigenvalue weighted by Crippen LogP contribution is -2.25. The lowest BCUT2D eigenvalue weighted by atomic mass is 10.1. The molecule has 1 aliphatic rings. The summed E-state index contributed by atoms with van der Waals surface area (Å²) in [4.78, 5) is 11.2. The van der Waals surface area contributed by atoms with E-state index in [2.05, 4.69) is 24.5 Å². The fraction of sp³-hybridized carbons (Fsp3) is 0.462. The molecule has 98 valence electrons. The van der Waals surface area contributed by atoms with Crippen LogP contribution in [-0.2, 0) is 4.79 Å². The lowest BCUT2D eigenvalue weighted by Gasteiger charge is -2.22. The van der Waals surface area contributed by atoms with Crippen molar-refractivity contribution in [2.24, 2.45) is 0 Å². The minimum atomic E-state index is -0.153. The fourth-order valence-corrected chi connectivity index (χ4v) is 2.14. The number of carbonyl (C=O) groups is 1. The van der Waals surface area contributed by atoms with Gasteiger partial charge in [-0.3, -0.25) is 4.79 Å². The van der Waals surface area contributed by atoms with Gasteiger partial charge in [-0.05, 0) is 18.9 Å². The highest BCUT2D eigenvalue weighted by atomic mass is 35.5. The van der Waals surface area contributed by atoms with Crippen molar-refractivity contribution in [1.29, 1.82) is 0 Å². The Balaban J connectivity index is 2.25. The first kappa shape index (κ1) is 13.0. The molecule has 18 heavy (non-hydrogen) atoms. The van der Waals surface area contributed by atoms with Crippen molar-refractivity contribution in [2.45, 2.75) is 32.7 Å². The Labute approximate surface area is 112 Å². The van der Waals surface area contributed by atoms with Crippen LogP contribution in [0.1, 0.15) is 26.7 Å². The van der Waals surface area contributed by atoms with Crippen molar-refractivity contribution in [3.63, 3.8) is 0 Å². The van der Waals surface area contributed by atoms with Crippen molar-refractivity contribution in [3.05, 3.63) is 17.2 Å². The molecule has 2 rings (SSSR count). The number of anilines is 2. The van der Waals surface area contributed by atoms with Gasteiger partial charge in [0.2, 0.25) is 0 Å². The Morgan fingerprint density at radius 1 is 1.44 bits per heavy atom. The summed E-state index contributed by atoms with van der Waals surface area (Å²) < 4.78 is 5.37. The Bertz CT molecular complexity index is 459. The second-order valence-corrected chi connectivity index (χ2v) is 4.73. The normalized spacial score (nSPS) is 13.9. The first-order chi connectivity index (χ1) is 8.63. The van der Waals surface area contributed by atoms with Gasteiger partial charge >= 0.3 is 0 Å². The summed E-state index contributed by atoms with van der Waals surface area (Å²) in [6.07, 6.45) is 2.06. The predicted molar refractivity (Wildman–Crippen MR) is 73.6 cm³/mol. The number of hydrogen-bond acceptors (Lipinski definition) is 3. The number of carbonyl (C=O) groups excluding carboxylic acids is 1. The van der Waals surface area contributed by atoms with Gasteiger partial charge in [-0.1, -0.05) is 25.4 Å². The number of benzene rings is 1. The molecule has 1 amide bonds. The smallest absolute Gasteiger partial charge is 0.262 e. The van der Waals surface area contributed by atoms with Gasteiger partial charge in [0.25, 0.3) is 5.91 Å². The molecule has 1 aromatic rings. The van der Waals surface area contributed by atoms with Crippen molar-refractivity contribution >= 4 is 28.9 Å². The lowest BCUT2D eigenvalue weighted by molar-refractivity contribution is -0.118. The summed E-state index contributed by atoms with van der Waals surface area (Å²) in [6.45, 7) is 4.31. The molecule has 1 aromatic carbocycles. The molecule has 0 radical (unpaired) electrons. The third kappa shape index (κ3) is 2.70. The van der Waals surface area contributed by atoms with Gasteiger partial charge in [0.05, 0.1) is 16.4 Å². The van der Waals surface area contributed by atoms with Crippen LogP contribution in [-0.4, -0.2) is 18.6 Å². The van der Waals surface area contributed by atoms with Gasteiger partial charge in [0.15, 0.2) is 6.61 Å². The summed E-state index contributed by atoms with van der Waals surface area (Å²) in [5.41, 5.74) is 1.48. The molecule has 1 aliphatic heterocycles. The van der Waals surface area contributed by atoms with E-state index in [4.69, 9.17) is 16.3 Å². The van der Waals surface area contributed by atoms with Crippen molar-refractivity contribution in [3.8, 4) is 5.75 Å². The quantitative estimate of drug-likeness (QED) is 0.881. The number of fused-ring (bicyclic) bond motifs is 1. The molecule has 0 aromatic heterocycles. The molecule has 4 nitrogen and oxygen atoms in total. The van der Waals surface area contributed by atoms with Gasteiger partial charge in [0.1, 0.15) is 5.75 Å². The molecular formula is C13H17ClN2O2. The minimum Gasteiger partial charge on any atom is -0.482 e. The molecule has 0 saturated heterocycles. The van der Waals surface area contributed by atoms with Crippen LogP contribution in [0.3, 0.4) is 0 Å². The molecule has 0 saturated carbocycles. The first-order valence-corrected chi connectivity index (χ1v) is 6.54. The van der Waals surface area contributed by atoms with Gasteiger partial charge in [-0.2, -0.15) is 0 Å². The molecule has 0 unspecified atom stereocenters. The Kier molecular flexibility index (Phi) is 3.97. The van der Waals surface area contributed by atoms with E-state index in [1.165, 1.54) is 0 Å². The second kappa shape index (κ2) is 5.48. The van der Waals surface area contributed by atoms with Crippen LogP contribution in [0.15, 0.2) is 12.1 Å². The van der Waals surface area contributed by atoms with E-state index in [9.17, 15) is 4.79 Å². The average molecular weight is 269 g/mol. The van der Waals surface area contributed by atoms with E-state index in [0.717, 1.165) is 18.5 Å². The third-order valence-corrected chi connectivity index (χ3v) is 3.36. The molecule has 0 atom stereocenters. The number of ether oxygens (including phenoxy) is 1. The molecule has 0 fully saturated rings. The van der Waals surface area contributed by atoms with Crippen LogP contribution < -0.4 is 15.4 Å². The highest BCUT2D eigenvalue weighted by Crippen LogP contribution is 2.36. The second-order valence-electron chi connectivity index (χ2n) is 4.32. The molecular weight excluding hydrogens is 252 g/mol. The number of nitrogens with one attached hydrogen (secondary N) is 2. The summed E-state index contributed by atoms with van der Waals surface area (Å²) >= 11 is 6.20. The maximum absolute atomic E-state index is 11.2. The fourth-order valence-electron chi connectivity index (χ4n) is 1.92. The number of amides is 1. The molecule has 5 heteroatoms. The van der Waals surface area contributed by atoms with Crippen LogP contribution in [0.4, 0.5) is 11.4 Å². The third-order valence-electron chi connectivity index (χ3n) is 3.05. The van der Waals surface area contributed by atoms with Crippen molar-refractivity contribution in [1.82, 2.24) is 0 Å². The topological polar surface area (TPSA) is 50.4 Å². The summed E-state index contributed by atoms with van der Waals surface area (Å²) in [5.74, 6) is 0.506. The van der Waals surface area contributed by atoms with E-state index in [1.807, 2.05) is 6.07 Å². The van der Waals surface area contributed by atoms with Gasteiger partial charge < -0.3 is 15.4 Å².